The first-order valence-corrected chi connectivity index (χ1v) is 9.89. The molecule has 0 unspecified atom stereocenters. The molecule has 6 nitrogen and oxygen atoms in total. The summed E-state index contributed by atoms with van der Waals surface area (Å²) in [6.45, 7) is 1.56. The van der Waals surface area contributed by atoms with Gasteiger partial charge in [0.1, 0.15) is 0 Å². The van der Waals surface area contributed by atoms with Gasteiger partial charge in [0.05, 0.1) is 0 Å². The van der Waals surface area contributed by atoms with Gasteiger partial charge in [-0.1, -0.05) is 49.9 Å². The second-order valence-corrected chi connectivity index (χ2v) is 6.74. The van der Waals surface area contributed by atoms with Crippen molar-refractivity contribution in [3.63, 3.8) is 0 Å². The Bertz CT molecular complexity index is 541. The van der Waals surface area contributed by atoms with Crippen LogP contribution in [0, 0.1) is 0 Å². The first-order valence-electron chi connectivity index (χ1n) is 9.89. The number of nitrogens with two attached hydrogens (primary N) is 2. The maximum atomic E-state index is 5.52. The quantitative estimate of drug-likeness (QED) is 0.535. The number of aromatic nitrogens is 4. The molecule has 0 saturated carbocycles. The Morgan fingerprint density at radius 3 is 1.69 bits per heavy atom. The summed E-state index contributed by atoms with van der Waals surface area (Å²) >= 11 is 0. The molecule has 0 spiro atoms. The van der Waals surface area contributed by atoms with Crippen LogP contribution in [0.2, 0.25) is 0 Å². The Labute approximate surface area is 156 Å². The molecule has 0 bridgehead atoms. The van der Waals surface area contributed by atoms with Crippen molar-refractivity contribution in [2.75, 3.05) is 13.1 Å². The minimum Gasteiger partial charge on any atom is -0.330 e. The summed E-state index contributed by atoms with van der Waals surface area (Å²) < 4.78 is 0. The number of aryl methyl sites for hydroxylation is 2. The fourth-order valence-electron chi connectivity index (χ4n) is 2.89. The molecule has 1 heterocycles. The highest BCUT2D eigenvalue weighted by atomic mass is 15.3. The Morgan fingerprint density at radius 1 is 0.577 bits per heavy atom. The van der Waals surface area contributed by atoms with Gasteiger partial charge >= 0.3 is 0 Å². The summed E-state index contributed by atoms with van der Waals surface area (Å²) in [7, 11) is 0. The van der Waals surface area contributed by atoms with Crippen molar-refractivity contribution in [3.05, 3.63) is 35.7 Å². The van der Waals surface area contributed by atoms with Crippen LogP contribution < -0.4 is 11.5 Å². The molecule has 6 heteroatoms. The lowest BCUT2D eigenvalue weighted by Crippen LogP contribution is -2.03. The maximum absolute atomic E-state index is 5.52. The van der Waals surface area contributed by atoms with Crippen molar-refractivity contribution < 1.29 is 0 Å². The molecule has 0 aliphatic rings. The smallest absolute Gasteiger partial charge is 0.203 e. The highest BCUT2D eigenvalue weighted by molar-refractivity contribution is 5.54. The molecular formula is C20H32N6. The van der Waals surface area contributed by atoms with Crippen LogP contribution in [0.5, 0.6) is 0 Å². The molecule has 142 valence electrons. The van der Waals surface area contributed by atoms with Gasteiger partial charge < -0.3 is 11.5 Å². The molecule has 0 radical (unpaired) electrons. The van der Waals surface area contributed by atoms with Crippen molar-refractivity contribution in [2.45, 2.75) is 64.2 Å². The minimum atomic E-state index is 0.589. The standard InChI is InChI=1S/C20H32N6/c21-15-7-3-1-5-9-17-11-13-18(14-12-17)20-25-23-19(24-26-20)10-6-2-4-8-16-22/h11-14H,1-10,15-16,21-22H2. The molecule has 2 rings (SSSR count). The van der Waals surface area contributed by atoms with Crippen LogP contribution in [-0.4, -0.2) is 33.5 Å². The van der Waals surface area contributed by atoms with E-state index in [1.165, 1.54) is 24.8 Å². The third kappa shape index (κ3) is 7.54. The Morgan fingerprint density at radius 2 is 1.12 bits per heavy atom. The van der Waals surface area contributed by atoms with Crippen molar-refractivity contribution in [1.29, 1.82) is 0 Å². The van der Waals surface area contributed by atoms with Crippen LogP contribution in [-0.2, 0) is 12.8 Å². The zero-order valence-corrected chi connectivity index (χ0v) is 15.7. The Hall–Kier alpha value is -1.92. The largest absolute Gasteiger partial charge is 0.330 e. The van der Waals surface area contributed by atoms with Crippen molar-refractivity contribution in [1.82, 2.24) is 20.4 Å². The number of rotatable bonds is 13. The van der Waals surface area contributed by atoms with Crippen LogP contribution in [0.4, 0.5) is 0 Å². The van der Waals surface area contributed by atoms with E-state index >= 15 is 0 Å². The molecule has 4 N–H and O–H groups in total. The predicted molar refractivity (Wildman–Crippen MR) is 106 cm³/mol. The lowest BCUT2D eigenvalue weighted by atomic mass is 10.0. The first kappa shape index (κ1) is 20.4. The van der Waals surface area contributed by atoms with Gasteiger partial charge in [0.2, 0.25) is 5.82 Å². The summed E-state index contributed by atoms with van der Waals surface area (Å²) in [6.07, 6.45) is 11.2. The van der Waals surface area contributed by atoms with Gasteiger partial charge in [-0.25, -0.2) is 0 Å². The van der Waals surface area contributed by atoms with E-state index < -0.39 is 0 Å². The third-order valence-corrected chi connectivity index (χ3v) is 4.51. The monoisotopic (exact) mass is 356 g/mol. The predicted octanol–water partition coefficient (Wildman–Crippen LogP) is 3.06. The van der Waals surface area contributed by atoms with E-state index in [0.29, 0.717) is 5.82 Å². The average Bonchev–Trinajstić information content (AvgIpc) is 2.69. The molecule has 0 saturated heterocycles. The van der Waals surface area contributed by atoms with Gasteiger partial charge in [0, 0.05) is 12.0 Å². The number of benzene rings is 1. The highest BCUT2D eigenvalue weighted by Crippen LogP contribution is 2.16. The van der Waals surface area contributed by atoms with Gasteiger partial charge in [-0.2, -0.15) is 0 Å². The van der Waals surface area contributed by atoms with E-state index in [2.05, 4.69) is 44.7 Å². The van der Waals surface area contributed by atoms with Crippen LogP contribution in [0.15, 0.2) is 24.3 Å². The van der Waals surface area contributed by atoms with Crippen LogP contribution in [0.25, 0.3) is 11.4 Å². The summed E-state index contributed by atoms with van der Waals surface area (Å²) in [6, 6.07) is 8.40. The molecule has 0 amide bonds. The highest BCUT2D eigenvalue weighted by Gasteiger charge is 2.05. The number of hydrogen-bond acceptors (Lipinski definition) is 6. The van der Waals surface area contributed by atoms with Crippen LogP contribution in [0.1, 0.15) is 62.8 Å². The van der Waals surface area contributed by atoms with E-state index in [4.69, 9.17) is 11.5 Å². The summed E-state index contributed by atoms with van der Waals surface area (Å²) in [4.78, 5) is 0. The van der Waals surface area contributed by atoms with Gasteiger partial charge in [0.15, 0.2) is 5.82 Å². The maximum Gasteiger partial charge on any atom is 0.203 e. The number of hydrogen-bond donors (Lipinski definition) is 2. The second kappa shape index (κ2) is 12.4. The van der Waals surface area contributed by atoms with Gasteiger partial charge in [-0.05, 0) is 50.8 Å². The second-order valence-electron chi connectivity index (χ2n) is 6.74. The fourth-order valence-corrected chi connectivity index (χ4v) is 2.89. The molecule has 0 aliphatic carbocycles. The molecule has 0 atom stereocenters. The lowest BCUT2D eigenvalue weighted by Gasteiger charge is -2.04. The average molecular weight is 357 g/mol. The third-order valence-electron chi connectivity index (χ3n) is 4.51. The van der Waals surface area contributed by atoms with E-state index in [1.807, 2.05) is 0 Å². The van der Waals surface area contributed by atoms with Crippen molar-refractivity contribution in [3.8, 4) is 11.4 Å². The molecule has 1 aromatic heterocycles. The van der Waals surface area contributed by atoms with Gasteiger partial charge in [0.25, 0.3) is 0 Å². The number of unbranched alkanes of at least 4 members (excludes halogenated alkanes) is 6. The number of nitrogens with zero attached hydrogens (tertiary/aromatic N) is 4. The normalized spacial score (nSPS) is 11.0. The van der Waals surface area contributed by atoms with Crippen molar-refractivity contribution in [2.24, 2.45) is 11.5 Å². The lowest BCUT2D eigenvalue weighted by molar-refractivity contribution is 0.622. The topological polar surface area (TPSA) is 104 Å². The molecular weight excluding hydrogens is 324 g/mol. The summed E-state index contributed by atoms with van der Waals surface area (Å²) in [5.41, 5.74) is 13.3. The van der Waals surface area contributed by atoms with Crippen molar-refractivity contribution >= 4 is 0 Å². The van der Waals surface area contributed by atoms with Gasteiger partial charge in [-0.15, -0.1) is 20.4 Å². The first-order chi connectivity index (χ1) is 12.8. The van der Waals surface area contributed by atoms with E-state index in [-0.39, 0.29) is 0 Å². The van der Waals surface area contributed by atoms with E-state index in [0.717, 1.165) is 69.4 Å². The summed E-state index contributed by atoms with van der Waals surface area (Å²) in [5.74, 6) is 1.31. The zero-order valence-electron chi connectivity index (χ0n) is 15.7. The molecule has 1 aromatic carbocycles. The molecule has 2 aromatic rings. The minimum absolute atomic E-state index is 0.589. The molecule has 0 aliphatic heterocycles. The van der Waals surface area contributed by atoms with E-state index in [9.17, 15) is 0 Å². The van der Waals surface area contributed by atoms with Crippen LogP contribution in [0.3, 0.4) is 0 Å². The van der Waals surface area contributed by atoms with E-state index in [1.54, 1.807) is 0 Å². The summed E-state index contributed by atoms with van der Waals surface area (Å²) in [5, 5.41) is 16.9. The molecule has 26 heavy (non-hydrogen) atoms. The SMILES string of the molecule is NCCCCCCc1ccc(-c2nnc(CCCCCCN)nn2)cc1. The molecule has 0 fully saturated rings. The van der Waals surface area contributed by atoms with Gasteiger partial charge in [-0.3, -0.25) is 0 Å². The Balaban J connectivity index is 1.77. The Kier molecular flexibility index (Phi) is 9.75. The zero-order chi connectivity index (χ0) is 18.5. The van der Waals surface area contributed by atoms with Crippen LogP contribution >= 0.6 is 0 Å². The fraction of sp³-hybridized carbons (Fsp3) is 0.600.